The summed E-state index contributed by atoms with van der Waals surface area (Å²) in [5, 5.41) is 0. The zero-order chi connectivity index (χ0) is 23.0. The Kier molecular flexibility index (Phi) is 8.24. The highest BCUT2D eigenvalue weighted by molar-refractivity contribution is 5.45. The molecule has 4 unspecified atom stereocenters. The number of allylic oxidation sites excluding steroid dienone is 1. The van der Waals surface area contributed by atoms with Crippen LogP contribution in [0.15, 0.2) is 54.6 Å². The van der Waals surface area contributed by atoms with Crippen molar-refractivity contribution in [1.29, 1.82) is 0 Å². The lowest BCUT2D eigenvalue weighted by molar-refractivity contribution is -0.00955. The minimum Gasteiger partial charge on any atom is -0.486 e. The van der Waals surface area contributed by atoms with Gasteiger partial charge in [0, 0.05) is 17.7 Å². The first-order valence-corrected chi connectivity index (χ1v) is 12.4. The molecule has 0 N–H and O–H groups in total. The predicted octanol–water partition coefficient (Wildman–Crippen LogP) is 7.27. The molecule has 2 aliphatic rings. The summed E-state index contributed by atoms with van der Waals surface area (Å²) >= 11 is 0. The van der Waals surface area contributed by atoms with Crippen molar-refractivity contribution in [3.63, 3.8) is 0 Å². The van der Waals surface area contributed by atoms with E-state index in [-0.39, 0.29) is 11.6 Å². The summed E-state index contributed by atoms with van der Waals surface area (Å²) in [5.41, 5.74) is 3.04. The van der Waals surface area contributed by atoms with Crippen LogP contribution in [-0.2, 0) is 4.74 Å². The fraction of sp³-hybridized carbons (Fsp3) is 0.467. The van der Waals surface area contributed by atoms with E-state index in [0.717, 1.165) is 24.0 Å². The first-order chi connectivity index (χ1) is 16.2. The third kappa shape index (κ3) is 6.27. The molecule has 2 fully saturated rings. The van der Waals surface area contributed by atoms with Crippen LogP contribution in [0.5, 0.6) is 5.75 Å². The smallest absolute Gasteiger partial charge is 0.166 e. The average molecular weight is 447 g/mol. The zero-order valence-electron chi connectivity index (χ0n) is 19.9. The second-order valence-corrected chi connectivity index (χ2v) is 9.32. The fourth-order valence-electron chi connectivity index (χ4n) is 5.45. The largest absolute Gasteiger partial charge is 0.486 e. The van der Waals surface area contributed by atoms with Gasteiger partial charge in [0.1, 0.15) is 6.61 Å². The quantitative estimate of drug-likeness (QED) is 0.343. The number of fused-ring (bicyclic) bond motifs is 1. The monoisotopic (exact) mass is 446 g/mol. The Balaban J connectivity index is 1.34. The van der Waals surface area contributed by atoms with Crippen LogP contribution >= 0.6 is 0 Å². The lowest BCUT2D eigenvalue weighted by atomic mass is 9.65. The lowest BCUT2D eigenvalue weighted by Gasteiger charge is -2.42. The molecule has 2 aromatic carbocycles. The molecule has 174 valence electrons. The first-order valence-electron chi connectivity index (χ1n) is 12.4. The first kappa shape index (κ1) is 23.6. The summed E-state index contributed by atoms with van der Waals surface area (Å²) in [4.78, 5) is 0. The minimum absolute atomic E-state index is 0.254. The summed E-state index contributed by atoms with van der Waals surface area (Å²) < 4.78 is 25.5. The SMILES string of the molecule is C/C=C/COc1ccc(C#Cc2ccc(C3CCC4CC(OCC)CCC4C3)cc2)cc1F. The molecular formula is C30H35FO2. The third-order valence-electron chi connectivity index (χ3n) is 7.20. The van der Waals surface area contributed by atoms with Gasteiger partial charge >= 0.3 is 0 Å². The van der Waals surface area contributed by atoms with Gasteiger partial charge in [0.15, 0.2) is 11.6 Å². The molecule has 0 bridgehead atoms. The normalized spacial score (nSPS) is 24.7. The molecule has 0 radical (unpaired) electrons. The molecule has 2 saturated carbocycles. The van der Waals surface area contributed by atoms with Gasteiger partial charge in [-0.1, -0.05) is 36.1 Å². The Morgan fingerprint density at radius 1 is 0.939 bits per heavy atom. The van der Waals surface area contributed by atoms with Gasteiger partial charge in [-0.15, -0.1) is 0 Å². The van der Waals surface area contributed by atoms with Crippen LogP contribution in [0, 0.1) is 29.5 Å². The van der Waals surface area contributed by atoms with Gasteiger partial charge in [-0.25, -0.2) is 4.39 Å². The molecule has 0 aliphatic heterocycles. The van der Waals surface area contributed by atoms with Crippen LogP contribution in [0.25, 0.3) is 0 Å². The molecule has 3 heteroatoms. The van der Waals surface area contributed by atoms with Crippen molar-refractivity contribution in [1.82, 2.24) is 0 Å². The Labute approximate surface area is 198 Å². The predicted molar refractivity (Wildman–Crippen MR) is 132 cm³/mol. The van der Waals surface area contributed by atoms with E-state index in [1.54, 1.807) is 12.1 Å². The van der Waals surface area contributed by atoms with Gasteiger partial charge in [-0.3, -0.25) is 0 Å². The number of hydrogen-bond acceptors (Lipinski definition) is 2. The van der Waals surface area contributed by atoms with E-state index < -0.39 is 0 Å². The molecule has 0 heterocycles. The molecular weight excluding hydrogens is 411 g/mol. The zero-order valence-corrected chi connectivity index (χ0v) is 19.9. The second-order valence-electron chi connectivity index (χ2n) is 9.32. The van der Waals surface area contributed by atoms with Crippen molar-refractivity contribution in [3.05, 3.63) is 77.1 Å². The van der Waals surface area contributed by atoms with Gasteiger partial charge in [0.25, 0.3) is 0 Å². The number of benzene rings is 2. The second kappa shape index (κ2) is 11.5. The standard InChI is InChI=1S/C30H35FO2/c1-3-5-18-33-30-17-10-23(19-29(30)31)7-6-22-8-11-24(12-9-22)25-13-14-27-21-28(32-4-2)16-15-26(27)20-25/h3,5,8-12,17,19,25-28H,4,13-16,18,20-21H2,1-2H3/b5-3+. The van der Waals surface area contributed by atoms with Gasteiger partial charge in [0.05, 0.1) is 6.10 Å². The van der Waals surface area contributed by atoms with Gasteiger partial charge < -0.3 is 9.47 Å². The van der Waals surface area contributed by atoms with Crippen molar-refractivity contribution in [2.24, 2.45) is 11.8 Å². The summed E-state index contributed by atoms with van der Waals surface area (Å²) in [5.74, 6) is 8.46. The van der Waals surface area contributed by atoms with Gasteiger partial charge in [-0.05, 0) is 106 Å². The van der Waals surface area contributed by atoms with Crippen LogP contribution in [0.4, 0.5) is 4.39 Å². The van der Waals surface area contributed by atoms with E-state index in [2.05, 4.69) is 43.0 Å². The lowest BCUT2D eigenvalue weighted by Crippen LogP contribution is -2.33. The van der Waals surface area contributed by atoms with Crippen molar-refractivity contribution >= 4 is 0 Å². The summed E-state index contributed by atoms with van der Waals surface area (Å²) in [6.45, 7) is 5.21. The molecule has 4 atom stereocenters. The Hall–Kier alpha value is -2.57. The number of hydrogen-bond donors (Lipinski definition) is 0. The Morgan fingerprint density at radius 3 is 2.42 bits per heavy atom. The summed E-state index contributed by atoms with van der Waals surface area (Å²) in [6, 6.07) is 13.6. The number of halogens is 1. The molecule has 4 rings (SSSR count). The van der Waals surface area contributed by atoms with E-state index in [1.165, 1.54) is 50.2 Å². The van der Waals surface area contributed by atoms with Crippen LogP contribution in [0.1, 0.15) is 75.0 Å². The van der Waals surface area contributed by atoms with E-state index in [0.29, 0.717) is 24.2 Å². The van der Waals surface area contributed by atoms with Crippen molar-refractivity contribution in [3.8, 4) is 17.6 Å². The molecule has 0 spiro atoms. The van der Waals surface area contributed by atoms with E-state index in [4.69, 9.17) is 9.47 Å². The Morgan fingerprint density at radius 2 is 1.67 bits per heavy atom. The maximum atomic E-state index is 14.2. The van der Waals surface area contributed by atoms with E-state index in [1.807, 2.05) is 19.1 Å². The summed E-state index contributed by atoms with van der Waals surface area (Å²) in [6.07, 6.45) is 11.9. The van der Waals surface area contributed by atoms with Gasteiger partial charge in [-0.2, -0.15) is 0 Å². The molecule has 2 aliphatic carbocycles. The third-order valence-corrected chi connectivity index (χ3v) is 7.20. The number of rotatable bonds is 6. The molecule has 33 heavy (non-hydrogen) atoms. The average Bonchev–Trinajstić information content (AvgIpc) is 2.84. The van der Waals surface area contributed by atoms with E-state index in [9.17, 15) is 4.39 Å². The molecule has 0 amide bonds. The highest BCUT2D eigenvalue weighted by Crippen LogP contribution is 2.46. The van der Waals surface area contributed by atoms with Crippen LogP contribution < -0.4 is 4.74 Å². The van der Waals surface area contributed by atoms with Crippen LogP contribution in [0.3, 0.4) is 0 Å². The van der Waals surface area contributed by atoms with Crippen molar-refractivity contribution in [2.45, 2.75) is 64.4 Å². The Bertz CT molecular complexity index is 998. The topological polar surface area (TPSA) is 18.5 Å². The van der Waals surface area contributed by atoms with Crippen LogP contribution in [0.2, 0.25) is 0 Å². The molecule has 0 aromatic heterocycles. The fourth-order valence-corrected chi connectivity index (χ4v) is 5.45. The summed E-state index contributed by atoms with van der Waals surface area (Å²) in [7, 11) is 0. The maximum absolute atomic E-state index is 14.2. The molecule has 0 saturated heterocycles. The molecule has 2 nitrogen and oxygen atoms in total. The maximum Gasteiger partial charge on any atom is 0.166 e. The highest BCUT2D eigenvalue weighted by Gasteiger charge is 2.36. The number of ether oxygens (including phenoxy) is 2. The van der Waals surface area contributed by atoms with Crippen molar-refractivity contribution in [2.75, 3.05) is 13.2 Å². The van der Waals surface area contributed by atoms with Crippen molar-refractivity contribution < 1.29 is 13.9 Å². The minimum atomic E-state index is -0.382. The highest BCUT2D eigenvalue weighted by atomic mass is 19.1. The van der Waals surface area contributed by atoms with Crippen LogP contribution in [-0.4, -0.2) is 19.3 Å². The van der Waals surface area contributed by atoms with E-state index >= 15 is 0 Å². The molecule has 2 aromatic rings. The van der Waals surface area contributed by atoms with Gasteiger partial charge in [0.2, 0.25) is 0 Å².